The van der Waals surface area contributed by atoms with Crippen LogP contribution >= 0.6 is 11.3 Å². The number of nitrogens with zero attached hydrogens (tertiary/aromatic N) is 1. The Morgan fingerprint density at radius 3 is 3.07 bits per heavy atom. The van der Waals surface area contributed by atoms with Crippen molar-refractivity contribution in [3.63, 3.8) is 0 Å². The van der Waals surface area contributed by atoms with Gasteiger partial charge in [-0.15, -0.1) is 17.9 Å². The molecular formula is C11H15NO2S. The first-order valence-electron chi connectivity index (χ1n) is 4.68. The SMILES string of the molecule is C=CCN(Cc1cccs1)C(=O)COC. The summed E-state index contributed by atoms with van der Waals surface area (Å²) in [5, 5.41) is 2.00. The summed E-state index contributed by atoms with van der Waals surface area (Å²) in [6.45, 7) is 4.95. The Morgan fingerprint density at radius 1 is 1.73 bits per heavy atom. The second kappa shape index (κ2) is 6.37. The smallest absolute Gasteiger partial charge is 0.249 e. The first-order chi connectivity index (χ1) is 7.27. The van der Waals surface area contributed by atoms with Crippen LogP contribution in [0, 0.1) is 0 Å². The minimum absolute atomic E-state index is 0.00852. The molecule has 1 aromatic heterocycles. The lowest BCUT2D eigenvalue weighted by Gasteiger charge is -2.19. The summed E-state index contributed by atoms with van der Waals surface area (Å²) in [7, 11) is 1.52. The lowest BCUT2D eigenvalue weighted by atomic mass is 10.4. The van der Waals surface area contributed by atoms with Crippen LogP contribution in [0.2, 0.25) is 0 Å². The predicted molar refractivity (Wildman–Crippen MR) is 61.8 cm³/mol. The van der Waals surface area contributed by atoms with Crippen LogP contribution in [0.1, 0.15) is 4.88 Å². The maximum Gasteiger partial charge on any atom is 0.249 e. The van der Waals surface area contributed by atoms with Crippen LogP contribution in [0.15, 0.2) is 30.2 Å². The fourth-order valence-corrected chi connectivity index (χ4v) is 1.94. The minimum atomic E-state index is -0.00852. The van der Waals surface area contributed by atoms with E-state index in [0.717, 1.165) is 0 Å². The molecular weight excluding hydrogens is 210 g/mol. The molecule has 82 valence electrons. The van der Waals surface area contributed by atoms with E-state index in [1.807, 2.05) is 17.5 Å². The van der Waals surface area contributed by atoms with E-state index in [2.05, 4.69) is 6.58 Å². The molecule has 0 saturated heterocycles. The molecule has 0 aromatic carbocycles. The van der Waals surface area contributed by atoms with Crippen LogP contribution in [0.25, 0.3) is 0 Å². The van der Waals surface area contributed by atoms with Crippen LogP contribution in [0.5, 0.6) is 0 Å². The van der Waals surface area contributed by atoms with Crippen molar-refractivity contribution in [1.29, 1.82) is 0 Å². The number of hydrogen-bond donors (Lipinski definition) is 0. The summed E-state index contributed by atoms with van der Waals surface area (Å²) in [4.78, 5) is 14.5. The van der Waals surface area contributed by atoms with Crippen molar-refractivity contribution >= 4 is 17.2 Å². The average Bonchev–Trinajstić information content (AvgIpc) is 2.70. The highest BCUT2D eigenvalue weighted by Gasteiger charge is 2.12. The van der Waals surface area contributed by atoms with E-state index in [0.29, 0.717) is 13.1 Å². The first-order valence-corrected chi connectivity index (χ1v) is 5.56. The van der Waals surface area contributed by atoms with Crippen molar-refractivity contribution in [2.75, 3.05) is 20.3 Å². The van der Waals surface area contributed by atoms with Crippen molar-refractivity contribution in [3.05, 3.63) is 35.0 Å². The summed E-state index contributed by atoms with van der Waals surface area (Å²) < 4.78 is 4.83. The molecule has 1 amide bonds. The third-order valence-electron chi connectivity index (χ3n) is 1.90. The summed E-state index contributed by atoms with van der Waals surface area (Å²) in [6.07, 6.45) is 1.72. The molecule has 15 heavy (non-hydrogen) atoms. The van der Waals surface area contributed by atoms with Crippen LogP contribution in [0.4, 0.5) is 0 Å². The highest BCUT2D eigenvalue weighted by molar-refractivity contribution is 7.09. The van der Waals surface area contributed by atoms with Crippen molar-refractivity contribution in [1.82, 2.24) is 4.90 Å². The third-order valence-corrected chi connectivity index (χ3v) is 2.76. The average molecular weight is 225 g/mol. The number of ether oxygens (including phenoxy) is 1. The zero-order valence-electron chi connectivity index (χ0n) is 8.81. The maximum absolute atomic E-state index is 11.6. The summed E-state index contributed by atoms with van der Waals surface area (Å²) >= 11 is 1.64. The second-order valence-corrected chi connectivity index (χ2v) is 4.11. The summed E-state index contributed by atoms with van der Waals surface area (Å²) in [5.74, 6) is -0.00852. The number of carbonyl (C=O) groups excluding carboxylic acids is 1. The number of carbonyl (C=O) groups is 1. The highest BCUT2D eigenvalue weighted by atomic mass is 32.1. The Hall–Kier alpha value is -1.13. The van der Waals surface area contributed by atoms with Gasteiger partial charge in [0.25, 0.3) is 0 Å². The van der Waals surface area contributed by atoms with E-state index in [4.69, 9.17) is 4.74 Å². The largest absolute Gasteiger partial charge is 0.375 e. The number of amides is 1. The van der Waals surface area contributed by atoms with Gasteiger partial charge in [0.15, 0.2) is 0 Å². The van der Waals surface area contributed by atoms with Gasteiger partial charge in [-0.3, -0.25) is 4.79 Å². The number of rotatable bonds is 6. The molecule has 0 saturated carbocycles. The lowest BCUT2D eigenvalue weighted by molar-refractivity contribution is -0.135. The summed E-state index contributed by atoms with van der Waals surface area (Å²) in [5.41, 5.74) is 0. The van der Waals surface area contributed by atoms with Gasteiger partial charge in [-0.25, -0.2) is 0 Å². The molecule has 0 radical (unpaired) electrons. The number of hydrogen-bond acceptors (Lipinski definition) is 3. The Labute approximate surface area is 94.0 Å². The zero-order chi connectivity index (χ0) is 11.1. The van der Waals surface area contributed by atoms with Gasteiger partial charge in [0.2, 0.25) is 5.91 Å². The molecule has 0 fully saturated rings. The molecule has 3 nitrogen and oxygen atoms in total. The third kappa shape index (κ3) is 3.85. The molecule has 0 atom stereocenters. The predicted octanol–water partition coefficient (Wildman–Crippen LogP) is 1.91. The van der Waals surface area contributed by atoms with Gasteiger partial charge < -0.3 is 9.64 Å². The molecule has 0 aliphatic carbocycles. The van der Waals surface area contributed by atoms with Gasteiger partial charge in [-0.1, -0.05) is 12.1 Å². The molecule has 1 aromatic rings. The van der Waals surface area contributed by atoms with E-state index in [1.54, 1.807) is 22.3 Å². The minimum Gasteiger partial charge on any atom is -0.375 e. The van der Waals surface area contributed by atoms with Gasteiger partial charge >= 0.3 is 0 Å². The van der Waals surface area contributed by atoms with Crippen LogP contribution < -0.4 is 0 Å². The molecule has 0 spiro atoms. The molecule has 0 aliphatic heterocycles. The Balaban J connectivity index is 2.57. The van der Waals surface area contributed by atoms with Crippen LogP contribution in [0.3, 0.4) is 0 Å². The van der Waals surface area contributed by atoms with Crippen molar-refractivity contribution in [3.8, 4) is 0 Å². The molecule has 4 heteroatoms. The molecule has 0 bridgehead atoms. The van der Waals surface area contributed by atoms with E-state index in [9.17, 15) is 4.79 Å². The normalized spacial score (nSPS) is 9.93. The van der Waals surface area contributed by atoms with E-state index in [1.165, 1.54) is 12.0 Å². The van der Waals surface area contributed by atoms with Crippen molar-refractivity contribution < 1.29 is 9.53 Å². The van der Waals surface area contributed by atoms with Crippen LogP contribution in [-0.4, -0.2) is 31.1 Å². The van der Waals surface area contributed by atoms with Crippen molar-refractivity contribution in [2.24, 2.45) is 0 Å². The van der Waals surface area contributed by atoms with E-state index >= 15 is 0 Å². The second-order valence-electron chi connectivity index (χ2n) is 3.08. The molecule has 1 heterocycles. The standard InChI is InChI=1S/C11H15NO2S/c1-3-6-12(11(13)9-14-2)8-10-5-4-7-15-10/h3-5,7H,1,6,8-9H2,2H3. The van der Waals surface area contributed by atoms with Gasteiger partial charge in [-0.05, 0) is 11.4 Å². The Kier molecular flexibility index (Phi) is 5.07. The quantitative estimate of drug-likeness (QED) is 0.692. The topological polar surface area (TPSA) is 29.5 Å². The lowest BCUT2D eigenvalue weighted by Crippen LogP contribution is -2.33. The van der Waals surface area contributed by atoms with E-state index < -0.39 is 0 Å². The monoisotopic (exact) mass is 225 g/mol. The number of methoxy groups -OCH3 is 1. The first kappa shape index (κ1) is 11.9. The van der Waals surface area contributed by atoms with Crippen LogP contribution in [-0.2, 0) is 16.1 Å². The van der Waals surface area contributed by atoms with Gasteiger partial charge in [0, 0.05) is 18.5 Å². The van der Waals surface area contributed by atoms with Gasteiger partial charge in [-0.2, -0.15) is 0 Å². The van der Waals surface area contributed by atoms with Crippen molar-refractivity contribution in [2.45, 2.75) is 6.54 Å². The van der Waals surface area contributed by atoms with Gasteiger partial charge in [0.05, 0.1) is 6.54 Å². The maximum atomic E-state index is 11.6. The molecule has 0 unspecified atom stereocenters. The molecule has 0 aliphatic rings. The van der Waals surface area contributed by atoms with Gasteiger partial charge in [0.1, 0.15) is 6.61 Å². The Bertz CT molecular complexity index is 308. The summed E-state index contributed by atoms with van der Waals surface area (Å²) in [6, 6.07) is 3.99. The fraction of sp³-hybridized carbons (Fsp3) is 0.364. The molecule has 0 N–H and O–H groups in total. The highest BCUT2D eigenvalue weighted by Crippen LogP contribution is 2.11. The van der Waals surface area contributed by atoms with E-state index in [-0.39, 0.29) is 12.5 Å². The fourth-order valence-electron chi connectivity index (χ4n) is 1.22. The molecule has 1 rings (SSSR count). The number of thiophene rings is 1. The zero-order valence-corrected chi connectivity index (χ0v) is 9.63. The Morgan fingerprint density at radius 2 is 2.53 bits per heavy atom.